The molecule has 1 N–H and O–H groups in total. The molecule has 5 rings (SSSR count). The van der Waals surface area contributed by atoms with E-state index in [2.05, 4.69) is 24.4 Å². The van der Waals surface area contributed by atoms with Gasteiger partial charge in [-0.1, -0.05) is 48.0 Å². The lowest BCUT2D eigenvalue weighted by atomic mass is 10.1. The number of nitrogens with one attached hydrogen (secondary N) is 1. The maximum atomic E-state index is 12.8. The monoisotopic (exact) mass is 448 g/mol. The van der Waals surface area contributed by atoms with Crippen molar-refractivity contribution in [1.82, 2.24) is 4.98 Å². The van der Waals surface area contributed by atoms with Crippen LogP contribution in [0.4, 0.5) is 5.69 Å². The second-order valence-corrected chi connectivity index (χ2v) is 8.86. The molecule has 0 saturated carbocycles. The predicted octanol–water partition coefficient (Wildman–Crippen LogP) is 6.91. The first kappa shape index (κ1) is 20.8. The summed E-state index contributed by atoms with van der Waals surface area (Å²) in [7, 11) is 0. The Balaban J connectivity index is 1.30. The third kappa shape index (κ3) is 4.59. The summed E-state index contributed by atoms with van der Waals surface area (Å²) in [6.07, 6.45) is 3.34. The molecule has 0 aliphatic rings. The third-order valence-electron chi connectivity index (χ3n) is 5.33. The van der Waals surface area contributed by atoms with Gasteiger partial charge in [0.2, 0.25) is 0 Å². The molecule has 0 aliphatic carbocycles. The molecule has 0 fully saturated rings. The highest BCUT2D eigenvalue weighted by Gasteiger charge is 2.13. The lowest BCUT2D eigenvalue weighted by Crippen LogP contribution is -2.10. The van der Waals surface area contributed by atoms with Crippen LogP contribution in [-0.4, -0.2) is 16.7 Å². The van der Waals surface area contributed by atoms with Gasteiger partial charge in [-0.05, 0) is 67.1 Å². The van der Waals surface area contributed by atoms with Gasteiger partial charge in [0.1, 0.15) is 4.83 Å². The van der Waals surface area contributed by atoms with Gasteiger partial charge in [0.05, 0.1) is 10.4 Å². The summed E-state index contributed by atoms with van der Waals surface area (Å²) in [4.78, 5) is 31.3. The van der Waals surface area contributed by atoms with Crippen LogP contribution in [0.15, 0.2) is 91.0 Å². The van der Waals surface area contributed by atoms with Crippen LogP contribution < -0.4 is 5.32 Å². The number of amides is 1. The van der Waals surface area contributed by atoms with Crippen LogP contribution in [0.25, 0.3) is 27.2 Å². The molecule has 160 valence electrons. The number of fused-ring (bicyclic) bond motifs is 2. The van der Waals surface area contributed by atoms with Crippen molar-refractivity contribution in [2.45, 2.75) is 6.92 Å². The Morgan fingerprint density at radius 3 is 2.45 bits per heavy atom. The van der Waals surface area contributed by atoms with E-state index in [4.69, 9.17) is 4.98 Å². The van der Waals surface area contributed by atoms with Crippen LogP contribution in [0.2, 0.25) is 0 Å². The number of hydrogen-bond acceptors (Lipinski definition) is 4. The second-order valence-electron chi connectivity index (χ2n) is 7.83. The van der Waals surface area contributed by atoms with E-state index >= 15 is 0 Å². The zero-order valence-electron chi connectivity index (χ0n) is 17.9. The van der Waals surface area contributed by atoms with Crippen LogP contribution in [0, 0.1) is 6.92 Å². The zero-order valence-corrected chi connectivity index (χ0v) is 18.7. The van der Waals surface area contributed by atoms with Crippen molar-refractivity contribution in [3.8, 4) is 0 Å². The van der Waals surface area contributed by atoms with Gasteiger partial charge < -0.3 is 5.32 Å². The van der Waals surface area contributed by atoms with E-state index in [0.717, 1.165) is 26.7 Å². The highest BCUT2D eigenvalue weighted by molar-refractivity contribution is 7.20. The number of aromatic nitrogens is 1. The molecular formula is C28H20N2O2S. The van der Waals surface area contributed by atoms with Crippen LogP contribution >= 0.6 is 11.3 Å². The largest absolute Gasteiger partial charge is 0.321 e. The number of allylic oxidation sites excluding steroid dienone is 1. The molecule has 3 aromatic carbocycles. The molecule has 2 aromatic heterocycles. The number of carbonyl (C=O) groups is 2. The number of benzene rings is 3. The first-order valence-electron chi connectivity index (χ1n) is 10.5. The van der Waals surface area contributed by atoms with Gasteiger partial charge >= 0.3 is 0 Å². The van der Waals surface area contributed by atoms with E-state index < -0.39 is 0 Å². The molecule has 0 saturated heterocycles. The topological polar surface area (TPSA) is 59.1 Å². The Morgan fingerprint density at radius 1 is 0.879 bits per heavy atom. The number of pyridine rings is 1. The van der Waals surface area contributed by atoms with E-state index in [0.29, 0.717) is 16.1 Å². The van der Waals surface area contributed by atoms with Crippen molar-refractivity contribution < 1.29 is 9.59 Å². The van der Waals surface area contributed by atoms with Gasteiger partial charge in [-0.2, -0.15) is 0 Å². The Morgan fingerprint density at radius 2 is 1.67 bits per heavy atom. The van der Waals surface area contributed by atoms with Crippen molar-refractivity contribution >= 4 is 55.9 Å². The number of nitrogens with zero attached hydrogens (tertiary/aromatic N) is 1. The first-order chi connectivity index (χ1) is 16.0. The van der Waals surface area contributed by atoms with Gasteiger partial charge in [0, 0.05) is 22.0 Å². The van der Waals surface area contributed by atoms with E-state index in [1.165, 1.54) is 16.9 Å². The number of carbonyl (C=O) groups excluding carboxylic acids is 2. The van der Waals surface area contributed by atoms with E-state index in [-0.39, 0.29) is 11.7 Å². The highest BCUT2D eigenvalue weighted by Crippen LogP contribution is 2.28. The van der Waals surface area contributed by atoms with E-state index in [1.54, 1.807) is 36.4 Å². The van der Waals surface area contributed by atoms with E-state index in [9.17, 15) is 9.59 Å². The van der Waals surface area contributed by atoms with Crippen molar-refractivity contribution in [3.05, 3.63) is 113 Å². The van der Waals surface area contributed by atoms with Crippen LogP contribution in [0.1, 0.15) is 31.2 Å². The third-order valence-corrected chi connectivity index (χ3v) is 6.38. The van der Waals surface area contributed by atoms with Gasteiger partial charge in [-0.3, -0.25) is 9.59 Å². The average molecular weight is 449 g/mol. The average Bonchev–Trinajstić information content (AvgIpc) is 3.25. The Kier molecular flexibility index (Phi) is 5.55. The molecule has 5 heteroatoms. The minimum Gasteiger partial charge on any atom is -0.321 e. The fourth-order valence-electron chi connectivity index (χ4n) is 3.61. The van der Waals surface area contributed by atoms with Gasteiger partial charge in [0.25, 0.3) is 5.91 Å². The Labute approximate surface area is 195 Å². The molecule has 5 aromatic rings. The van der Waals surface area contributed by atoms with Crippen LogP contribution in [0.3, 0.4) is 0 Å². The normalized spacial score (nSPS) is 11.3. The predicted molar refractivity (Wildman–Crippen MR) is 136 cm³/mol. The molecule has 0 radical (unpaired) electrons. The number of anilines is 1. The number of aryl methyl sites for hydroxylation is 1. The zero-order chi connectivity index (χ0) is 22.8. The summed E-state index contributed by atoms with van der Waals surface area (Å²) in [5.74, 6) is -0.282. The maximum Gasteiger partial charge on any atom is 0.265 e. The lowest BCUT2D eigenvalue weighted by molar-refractivity contribution is 0.102. The molecule has 4 nitrogen and oxygen atoms in total. The van der Waals surface area contributed by atoms with Crippen molar-refractivity contribution in [2.75, 3.05) is 5.32 Å². The second kappa shape index (κ2) is 8.81. The van der Waals surface area contributed by atoms with Crippen LogP contribution in [0.5, 0.6) is 0 Å². The molecule has 2 heterocycles. The van der Waals surface area contributed by atoms with Gasteiger partial charge in [-0.25, -0.2) is 4.98 Å². The number of hydrogen-bond donors (Lipinski definition) is 1. The smallest absolute Gasteiger partial charge is 0.265 e. The molecule has 33 heavy (non-hydrogen) atoms. The summed E-state index contributed by atoms with van der Waals surface area (Å²) in [5, 5.41) is 4.93. The van der Waals surface area contributed by atoms with Crippen molar-refractivity contribution in [3.63, 3.8) is 0 Å². The first-order valence-corrected chi connectivity index (χ1v) is 11.4. The minimum atomic E-state index is -0.193. The Hall–Kier alpha value is -4.09. The molecular weight excluding hydrogens is 428 g/mol. The molecule has 0 spiro atoms. The van der Waals surface area contributed by atoms with Crippen LogP contribution in [-0.2, 0) is 0 Å². The standard InChI is InChI=1S/C28H20N2O2S/c1-18-7-13-24-21(15-18)16-22-17-26(33-28(22)30-24)27(32)29-23-11-9-20(10-12-23)25(31)14-8-19-5-3-2-4-6-19/h2-17H,1H3,(H,29,32)/b14-8+. The SMILES string of the molecule is Cc1ccc2nc3sc(C(=O)Nc4ccc(C(=O)/C=C/c5ccccc5)cc4)cc3cc2c1. The summed E-state index contributed by atoms with van der Waals surface area (Å²) >= 11 is 1.37. The molecule has 0 atom stereocenters. The number of ketones is 1. The fourth-order valence-corrected chi connectivity index (χ4v) is 4.53. The van der Waals surface area contributed by atoms with Crippen molar-refractivity contribution in [2.24, 2.45) is 0 Å². The van der Waals surface area contributed by atoms with Gasteiger partial charge in [0.15, 0.2) is 5.78 Å². The molecule has 0 aliphatic heterocycles. The fraction of sp³-hybridized carbons (Fsp3) is 0.0357. The molecule has 0 unspecified atom stereocenters. The summed E-state index contributed by atoms with van der Waals surface area (Å²) in [5.41, 5.74) is 4.26. The minimum absolute atomic E-state index is 0.0883. The molecule has 0 bridgehead atoms. The summed E-state index contributed by atoms with van der Waals surface area (Å²) < 4.78 is 0. The quantitative estimate of drug-likeness (QED) is 0.235. The Bertz CT molecular complexity index is 1520. The molecule has 1 amide bonds. The maximum absolute atomic E-state index is 12.8. The lowest BCUT2D eigenvalue weighted by Gasteiger charge is -2.04. The number of thiophene rings is 1. The summed E-state index contributed by atoms with van der Waals surface area (Å²) in [6.45, 7) is 2.05. The van der Waals surface area contributed by atoms with Gasteiger partial charge in [-0.15, -0.1) is 11.3 Å². The van der Waals surface area contributed by atoms with Crippen molar-refractivity contribution in [1.29, 1.82) is 0 Å². The highest BCUT2D eigenvalue weighted by atomic mass is 32.1. The summed E-state index contributed by atoms with van der Waals surface area (Å²) in [6, 6.07) is 26.7. The number of rotatable bonds is 5. The van der Waals surface area contributed by atoms with E-state index in [1.807, 2.05) is 48.5 Å².